The summed E-state index contributed by atoms with van der Waals surface area (Å²) in [5, 5.41) is 9.06. The highest BCUT2D eigenvalue weighted by molar-refractivity contribution is 5.75. The molecule has 1 aromatic rings. The lowest BCUT2D eigenvalue weighted by atomic mass is 9.92. The van der Waals surface area contributed by atoms with E-state index in [0.29, 0.717) is 37.4 Å². The number of carbonyl (C=O) groups is 1. The summed E-state index contributed by atoms with van der Waals surface area (Å²) in [4.78, 5) is 12.2. The van der Waals surface area contributed by atoms with Crippen LogP contribution in [0.4, 0.5) is 0 Å². The number of hydrogen-bond donors (Lipinski definition) is 0. The van der Waals surface area contributed by atoms with Crippen molar-refractivity contribution >= 4 is 5.97 Å². The van der Waals surface area contributed by atoms with Crippen LogP contribution in [0.5, 0.6) is 5.75 Å². The van der Waals surface area contributed by atoms with Crippen molar-refractivity contribution in [2.75, 3.05) is 13.2 Å². The lowest BCUT2D eigenvalue weighted by Gasteiger charge is -2.35. The van der Waals surface area contributed by atoms with Crippen molar-refractivity contribution in [3.8, 4) is 11.8 Å². The molecule has 128 valence electrons. The van der Waals surface area contributed by atoms with Gasteiger partial charge in [0.1, 0.15) is 17.9 Å². The van der Waals surface area contributed by atoms with E-state index < -0.39 is 17.9 Å². The zero-order valence-electron chi connectivity index (χ0n) is 13.7. The maximum atomic E-state index is 12.2. The van der Waals surface area contributed by atoms with E-state index in [2.05, 4.69) is 0 Å². The Hall–Kier alpha value is -2.10. The number of ether oxygens (including phenoxy) is 4. The summed E-state index contributed by atoms with van der Waals surface area (Å²) in [6.07, 6.45) is 1.98. The van der Waals surface area contributed by atoms with Gasteiger partial charge in [-0.25, -0.2) is 4.79 Å². The largest absolute Gasteiger partial charge is 0.478 e. The van der Waals surface area contributed by atoms with Gasteiger partial charge in [0, 0.05) is 12.8 Å². The molecule has 0 unspecified atom stereocenters. The fourth-order valence-corrected chi connectivity index (χ4v) is 3.10. The van der Waals surface area contributed by atoms with Crippen LogP contribution < -0.4 is 4.74 Å². The molecule has 1 aliphatic heterocycles. The Bertz CT molecular complexity index is 623. The molecule has 3 rings (SSSR count). The number of esters is 1. The van der Waals surface area contributed by atoms with Crippen LogP contribution in [-0.4, -0.2) is 37.2 Å². The summed E-state index contributed by atoms with van der Waals surface area (Å²) in [5.41, 5.74) is 0.396. The second-order valence-electron chi connectivity index (χ2n) is 6.11. The molecule has 1 aromatic carbocycles. The maximum absolute atomic E-state index is 12.2. The molecule has 6 nitrogen and oxygen atoms in total. The Balaban J connectivity index is 1.51. The first kappa shape index (κ1) is 16.7. The Morgan fingerprint density at radius 1 is 1.29 bits per heavy atom. The van der Waals surface area contributed by atoms with Crippen molar-refractivity contribution in [1.29, 1.82) is 5.26 Å². The SMILES string of the molecule is C[C@H](Oc1ccccc1C#N)C(=O)OC1CCC2(CC1)OCCO2. The van der Waals surface area contributed by atoms with Crippen LogP contribution in [0.3, 0.4) is 0 Å². The average molecular weight is 331 g/mol. The van der Waals surface area contributed by atoms with E-state index in [4.69, 9.17) is 24.2 Å². The van der Waals surface area contributed by atoms with E-state index in [-0.39, 0.29) is 6.10 Å². The molecule has 0 bridgehead atoms. The molecular formula is C18H21NO5. The van der Waals surface area contributed by atoms with Gasteiger partial charge in [-0.2, -0.15) is 5.26 Å². The zero-order valence-corrected chi connectivity index (χ0v) is 13.7. The van der Waals surface area contributed by atoms with E-state index in [1.165, 1.54) is 0 Å². The quantitative estimate of drug-likeness (QED) is 0.789. The molecule has 2 aliphatic rings. The van der Waals surface area contributed by atoms with Gasteiger partial charge < -0.3 is 18.9 Å². The molecule has 1 saturated carbocycles. The first-order valence-electron chi connectivity index (χ1n) is 8.26. The Morgan fingerprint density at radius 2 is 1.96 bits per heavy atom. The van der Waals surface area contributed by atoms with E-state index in [1.807, 2.05) is 6.07 Å². The van der Waals surface area contributed by atoms with Crippen LogP contribution in [0, 0.1) is 11.3 Å². The van der Waals surface area contributed by atoms with Crippen LogP contribution >= 0.6 is 0 Å². The van der Waals surface area contributed by atoms with Crippen molar-refractivity contribution in [3.63, 3.8) is 0 Å². The van der Waals surface area contributed by atoms with Crippen molar-refractivity contribution in [1.82, 2.24) is 0 Å². The lowest BCUT2D eigenvalue weighted by molar-refractivity contribution is -0.196. The van der Waals surface area contributed by atoms with Crippen LogP contribution in [-0.2, 0) is 19.0 Å². The average Bonchev–Trinajstić information content (AvgIpc) is 3.06. The number of hydrogen-bond acceptors (Lipinski definition) is 6. The van der Waals surface area contributed by atoms with Gasteiger partial charge in [0.15, 0.2) is 11.9 Å². The summed E-state index contributed by atoms with van der Waals surface area (Å²) < 4.78 is 22.5. The molecule has 0 aromatic heterocycles. The fraction of sp³-hybridized carbons (Fsp3) is 0.556. The minimum atomic E-state index is -0.769. The number of nitriles is 1. The van der Waals surface area contributed by atoms with Crippen molar-refractivity contribution < 1.29 is 23.7 Å². The lowest BCUT2D eigenvalue weighted by Crippen LogP contribution is -2.39. The summed E-state index contributed by atoms with van der Waals surface area (Å²) >= 11 is 0. The van der Waals surface area contributed by atoms with E-state index in [9.17, 15) is 4.79 Å². The minimum Gasteiger partial charge on any atom is -0.478 e. The van der Waals surface area contributed by atoms with E-state index in [0.717, 1.165) is 12.8 Å². The van der Waals surface area contributed by atoms with Gasteiger partial charge in [0.05, 0.1) is 18.8 Å². The second-order valence-corrected chi connectivity index (χ2v) is 6.11. The highest BCUT2D eigenvalue weighted by Gasteiger charge is 2.41. The Kier molecular flexibility index (Phi) is 5.03. The third kappa shape index (κ3) is 3.69. The smallest absolute Gasteiger partial charge is 0.347 e. The number of carbonyl (C=O) groups excluding carboxylic acids is 1. The van der Waals surface area contributed by atoms with Crippen LogP contribution in [0.25, 0.3) is 0 Å². The summed E-state index contributed by atoms with van der Waals surface area (Å²) in [6, 6.07) is 8.87. The van der Waals surface area contributed by atoms with Crippen molar-refractivity contribution in [3.05, 3.63) is 29.8 Å². The van der Waals surface area contributed by atoms with Gasteiger partial charge in [-0.1, -0.05) is 12.1 Å². The normalized spacial score (nSPS) is 21.2. The van der Waals surface area contributed by atoms with Crippen molar-refractivity contribution in [2.24, 2.45) is 0 Å². The number of nitrogens with zero attached hydrogens (tertiary/aromatic N) is 1. The highest BCUT2D eigenvalue weighted by atomic mass is 16.7. The first-order chi connectivity index (χ1) is 11.6. The predicted molar refractivity (Wildman–Crippen MR) is 84.2 cm³/mol. The molecule has 1 aliphatic carbocycles. The molecule has 2 fully saturated rings. The molecule has 1 spiro atoms. The third-order valence-electron chi connectivity index (χ3n) is 4.43. The maximum Gasteiger partial charge on any atom is 0.347 e. The molecule has 0 radical (unpaired) electrons. The van der Waals surface area contributed by atoms with Crippen molar-refractivity contribution in [2.45, 2.75) is 50.6 Å². The monoisotopic (exact) mass is 331 g/mol. The molecule has 0 N–H and O–H groups in total. The highest BCUT2D eigenvalue weighted by Crippen LogP contribution is 2.36. The van der Waals surface area contributed by atoms with E-state index >= 15 is 0 Å². The van der Waals surface area contributed by atoms with Gasteiger partial charge in [-0.05, 0) is 31.9 Å². The topological polar surface area (TPSA) is 77.8 Å². The second kappa shape index (κ2) is 7.20. The van der Waals surface area contributed by atoms with Gasteiger partial charge in [0.25, 0.3) is 0 Å². The van der Waals surface area contributed by atoms with Gasteiger partial charge in [0.2, 0.25) is 0 Å². The minimum absolute atomic E-state index is 0.145. The third-order valence-corrected chi connectivity index (χ3v) is 4.43. The van der Waals surface area contributed by atoms with Gasteiger partial charge in [-0.15, -0.1) is 0 Å². The predicted octanol–water partition coefficient (Wildman–Crippen LogP) is 2.55. The first-order valence-corrected chi connectivity index (χ1v) is 8.26. The van der Waals surface area contributed by atoms with Gasteiger partial charge in [-0.3, -0.25) is 0 Å². The fourth-order valence-electron chi connectivity index (χ4n) is 3.10. The summed E-state index contributed by atoms with van der Waals surface area (Å²) in [6.45, 7) is 2.89. The molecule has 1 saturated heterocycles. The standard InChI is InChI=1S/C18H21NO5/c1-13(23-16-5-3-2-4-14(16)12-19)17(20)24-15-6-8-18(9-7-15)21-10-11-22-18/h2-5,13,15H,6-11H2,1H3/t13-/m0/s1. The summed E-state index contributed by atoms with van der Waals surface area (Å²) in [5.74, 6) is -0.492. The molecular weight excluding hydrogens is 310 g/mol. The number of para-hydroxylation sites is 1. The zero-order chi connectivity index (χ0) is 17.0. The molecule has 1 atom stereocenters. The van der Waals surface area contributed by atoms with Crippen LogP contribution in [0.15, 0.2) is 24.3 Å². The Morgan fingerprint density at radius 3 is 2.62 bits per heavy atom. The molecule has 24 heavy (non-hydrogen) atoms. The molecule has 6 heteroatoms. The number of rotatable bonds is 4. The molecule has 1 heterocycles. The van der Waals surface area contributed by atoms with E-state index in [1.54, 1.807) is 31.2 Å². The van der Waals surface area contributed by atoms with Gasteiger partial charge >= 0.3 is 5.97 Å². The molecule has 0 amide bonds. The number of benzene rings is 1. The summed E-state index contributed by atoms with van der Waals surface area (Å²) in [7, 11) is 0. The van der Waals surface area contributed by atoms with Crippen LogP contribution in [0.1, 0.15) is 38.2 Å². The van der Waals surface area contributed by atoms with Crippen LogP contribution in [0.2, 0.25) is 0 Å². The Labute approximate surface area is 141 Å².